The Morgan fingerprint density at radius 1 is 1.04 bits per heavy atom. The molecule has 0 radical (unpaired) electrons. The minimum absolute atomic E-state index is 0.0638. The molecule has 9 heteroatoms. The van der Waals surface area contributed by atoms with Gasteiger partial charge in [0.05, 0.1) is 5.60 Å². The van der Waals surface area contributed by atoms with E-state index in [1.165, 1.54) is 0 Å². The number of rotatable bonds is 6. The number of fused-ring (bicyclic) bond motifs is 1. The summed E-state index contributed by atoms with van der Waals surface area (Å²) in [4.78, 5) is 16.8. The summed E-state index contributed by atoms with van der Waals surface area (Å²) in [6.07, 6.45) is 0.908. The molecule has 7 nitrogen and oxygen atoms in total. The third kappa shape index (κ3) is 4.76. The first-order valence-electron chi connectivity index (χ1n) is 7.33. The molecular formula is C14H20Cl2N6O. The molecule has 2 rings (SSSR count). The Morgan fingerprint density at radius 2 is 1.57 bits per heavy atom. The van der Waals surface area contributed by atoms with Crippen molar-refractivity contribution < 1.29 is 5.11 Å². The molecule has 0 saturated heterocycles. The summed E-state index contributed by atoms with van der Waals surface area (Å²) < 4.78 is 0. The van der Waals surface area contributed by atoms with Crippen LogP contribution in [0.15, 0.2) is 0 Å². The zero-order valence-corrected chi connectivity index (χ0v) is 15.0. The van der Waals surface area contributed by atoms with Crippen LogP contribution in [0, 0.1) is 0 Å². The second-order valence-electron chi connectivity index (χ2n) is 6.00. The van der Waals surface area contributed by atoms with E-state index < -0.39 is 5.60 Å². The lowest BCUT2D eigenvalue weighted by atomic mass is 10.1. The van der Waals surface area contributed by atoms with Gasteiger partial charge in [-0.25, -0.2) is 9.97 Å². The van der Waals surface area contributed by atoms with E-state index in [1.54, 1.807) is 13.8 Å². The molecule has 0 bridgehead atoms. The molecule has 3 N–H and O–H groups in total. The van der Waals surface area contributed by atoms with Crippen molar-refractivity contribution in [2.24, 2.45) is 0 Å². The van der Waals surface area contributed by atoms with Gasteiger partial charge < -0.3 is 15.7 Å². The van der Waals surface area contributed by atoms with Gasteiger partial charge in [0.1, 0.15) is 11.0 Å². The normalized spacial score (nSPS) is 13.2. The van der Waals surface area contributed by atoms with Crippen molar-refractivity contribution in [3.05, 3.63) is 10.6 Å². The maximum absolute atomic E-state index is 9.87. The van der Waals surface area contributed by atoms with Crippen LogP contribution in [0.2, 0.25) is 10.6 Å². The fourth-order valence-corrected chi connectivity index (χ4v) is 2.16. The Bertz CT molecular complexity index is 704. The standard InChI is InChI=1S/C14H20Cl2N6O/c1-5-7(2)18-11-9-8(19-13(16)22-11)10(21-12(15)20-9)17-6-14(3,4)23/h7,23H,5-6H2,1-4H3,(H,17,20,21)(H,18,19,22)/t7-/m0/s1. The molecule has 23 heavy (non-hydrogen) atoms. The highest BCUT2D eigenvalue weighted by Crippen LogP contribution is 2.27. The Hall–Kier alpha value is -1.44. The lowest BCUT2D eigenvalue weighted by Gasteiger charge is -2.19. The van der Waals surface area contributed by atoms with Crippen LogP contribution in [0.3, 0.4) is 0 Å². The fourth-order valence-electron chi connectivity index (χ4n) is 1.82. The summed E-state index contributed by atoms with van der Waals surface area (Å²) in [6, 6.07) is 0.186. The number of aromatic nitrogens is 4. The largest absolute Gasteiger partial charge is 0.389 e. The lowest BCUT2D eigenvalue weighted by molar-refractivity contribution is 0.0944. The zero-order valence-electron chi connectivity index (χ0n) is 13.5. The average Bonchev–Trinajstić information content (AvgIpc) is 2.44. The highest BCUT2D eigenvalue weighted by atomic mass is 35.5. The molecular weight excluding hydrogens is 339 g/mol. The average molecular weight is 359 g/mol. The molecule has 2 aromatic rings. The molecule has 0 saturated carbocycles. The molecule has 0 aliphatic heterocycles. The van der Waals surface area contributed by atoms with Gasteiger partial charge >= 0.3 is 0 Å². The molecule has 0 aromatic carbocycles. The summed E-state index contributed by atoms with van der Waals surface area (Å²) in [6.45, 7) is 7.72. The van der Waals surface area contributed by atoms with Crippen molar-refractivity contribution in [3.8, 4) is 0 Å². The summed E-state index contributed by atoms with van der Waals surface area (Å²) in [5, 5.41) is 16.3. The number of halogens is 2. The van der Waals surface area contributed by atoms with Crippen LogP contribution in [0.25, 0.3) is 11.0 Å². The van der Waals surface area contributed by atoms with Gasteiger partial charge in [-0.3, -0.25) is 0 Å². The van der Waals surface area contributed by atoms with Gasteiger partial charge in [-0.05, 0) is 50.4 Å². The minimum Gasteiger partial charge on any atom is -0.389 e. The van der Waals surface area contributed by atoms with Crippen molar-refractivity contribution in [2.45, 2.75) is 45.8 Å². The summed E-state index contributed by atoms with van der Waals surface area (Å²) in [7, 11) is 0. The molecule has 2 heterocycles. The quantitative estimate of drug-likeness (QED) is 0.682. The summed E-state index contributed by atoms with van der Waals surface area (Å²) >= 11 is 12.0. The maximum Gasteiger partial charge on any atom is 0.225 e. The number of hydrogen-bond donors (Lipinski definition) is 3. The molecule has 126 valence electrons. The van der Waals surface area contributed by atoms with E-state index in [1.807, 2.05) is 6.92 Å². The number of anilines is 2. The Kier molecular flexibility index (Phi) is 5.44. The predicted molar refractivity (Wildman–Crippen MR) is 93.3 cm³/mol. The zero-order chi connectivity index (χ0) is 17.2. The van der Waals surface area contributed by atoms with E-state index in [4.69, 9.17) is 23.2 Å². The molecule has 1 atom stereocenters. The summed E-state index contributed by atoms with van der Waals surface area (Å²) in [5.74, 6) is 0.906. The first-order chi connectivity index (χ1) is 10.7. The molecule has 0 spiro atoms. The van der Waals surface area contributed by atoms with Crippen LogP contribution < -0.4 is 10.6 Å². The van der Waals surface area contributed by atoms with Crippen LogP contribution in [0.5, 0.6) is 0 Å². The first kappa shape index (κ1) is 17.9. The maximum atomic E-state index is 9.87. The van der Waals surface area contributed by atoms with Crippen LogP contribution in [-0.2, 0) is 0 Å². The minimum atomic E-state index is -0.918. The van der Waals surface area contributed by atoms with Crippen LogP contribution in [0.4, 0.5) is 11.6 Å². The third-order valence-corrected chi connectivity index (χ3v) is 3.51. The topological polar surface area (TPSA) is 95.9 Å². The van der Waals surface area contributed by atoms with E-state index in [2.05, 4.69) is 37.5 Å². The highest BCUT2D eigenvalue weighted by Gasteiger charge is 2.18. The smallest absolute Gasteiger partial charge is 0.225 e. The molecule has 0 aliphatic rings. The van der Waals surface area contributed by atoms with Crippen LogP contribution >= 0.6 is 23.2 Å². The SMILES string of the molecule is CC[C@H](C)Nc1nc(Cl)nc2c(NCC(C)(C)O)nc(Cl)nc12. The van der Waals surface area contributed by atoms with E-state index >= 15 is 0 Å². The lowest BCUT2D eigenvalue weighted by Crippen LogP contribution is -2.29. The molecule has 0 aliphatic carbocycles. The first-order valence-corrected chi connectivity index (χ1v) is 8.08. The van der Waals surface area contributed by atoms with Crippen molar-refractivity contribution >= 4 is 45.9 Å². The Balaban J connectivity index is 2.52. The molecule has 2 aromatic heterocycles. The van der Waals surface area contributed by atoms with Crippen molar-refractivity contribution in [3.63, 3.8) is 0 Å². The van der Waals surface area contributed by atoms with Gasteiger partial charge in [-0.15, -0.1) is 0 Å². The van der Waals surface area contributed by atoms with E-state index in [9.17, 15) is 5.11 Å². The summed E-state index contributed by atoms with van der Waals surface area (Å²) in [5.41, 5.74) is 0.00987. The van der Waals surface area contributed by atoms with Crippen LogP contribution in [-0.4, -0.2) is 43.2 Å². The fraction of sp³-hybridized carbons (Fsp3) is 0.571. The van der Waals surface area contributed by atoms with E-state index in [0.717, 1.165) is 6.42 Å². The van der Waals surface area contributed by atoms with Crippen LogP contribution in [0.1, 0.15) is 34.1 Å². The highest BCUT2D eigenvalue weighted by molar-refractivity contribution is 6.30. The number of nitrogens with zero attached hydrogens (tertiary/aromatic N) is 4. The second-order valence-corrected chi connectivity index (χ2v) is 6.68. The number of nitrogens with one attached hydrogen (secondary N) is 2. The Morgan fingerprint density at radius 3 is 2.09 bits per heavy atom. The number of hydrogen-bond acceptors (Lipinski definition) is 7. The molecule has 0 amide bonds. The molecule has 0 fully saturated rings. The van der Waals surface area contributed by atoms with E-state index in [0.29, 0.717) is 22.7 Å². The van der Waals surface area contributed by atoms with Crippen molar-refractivity contribution in [1.82, 2.24) is 19.9 Å². The molecule has 0 unspecified atom stereocenters. The van der Waals surface area contributed by atoms with E-state index in [-0.39, 0.29) is 23.2 Å². The monoisotopic (exact) mass is 358 g/mol. The van der Waals surface area contributed by atoms with Gasteiger partial charge in [0.25, 0.3) is 0 Å². The van der Waals surface area contributed by atoms with Crippen molar-refractivity contribution in [1.29, 1.82) is 0 Å². The Labute approximate surface area is 144 Å². The number of aliphatic hydroxyl groups is 1. The van der Waals surface area contributed by atoms with Gasteiger partial charge in [0.2, 0.25) is 10.6 Å². The third-order valence-electron chi connectivity index (χ3n) is 3.17. The van der Waals surface area contributed by atoms with Gasteiger partial charge in [0.15, 0.2) is 11.6 Å². The van der Waals surface area contributed by atoms with Crippen molar-refractivity contribution in [2.75, 3.05) is 17.2 Å². The van der Waals surface area contributed by atoms with Gasteiger partial charge in [0, 0.05) is 12.6 Å². The second kappa shape index (κ2) is 6.98. The predicted octanol–water partition coefficient (Wildman–Crippen LogP) is 3.12. The van der Waals surface area contributed by atoms with Gasteiger partial charge in [-0.1, -0.05) is 6.92 Å². The van der Waals surface area contributed by atoms with Gasteiger partial charge in [-0.2, -0.15) is 9.97 Å².